The van der Waals surface area contributed by atoms with Gasteiger partial charge in [-0.05, 0) is 155 Å². The predicted molar refractivity (Wildman–Crippen MR) is 391 cm³/mol. The van der Waals surface area contributed by atoms with Gasteiger partial charge in [0, 0.05) is 90.1 Å². The lowest BCUT2D eigenvalue weighted by Crippen LogP contribution is -2.61. The van der Waals surface area contributed by atoms with E-state index in [4.69, 9.17) is 91.8 Å². The third-order valence-electron chi connectivity index (χ3n) is 28.7. The zero-order chi connectivity index (χ0) is 75.8. The fourth-order valence-electron chi connectivity index (χ4n) is 23.0. The lowest BCUT2D eigenvalue weighted by atomic mass is 9.78. The van der Waals surface area contributed by atoms with Crippen molar-refractivity contribution < 1.29 is 109 Å². The first kappa shape index (κ1) is 79.3. The standard InChI is InChI=1S/C41H61NO10.C40H59NO10.CH4O3S/c1-20-12-26-6-8-30-21(2)13-28(45-30)10-11-41-19-40(5)39(52-41)38-37(50-40)36(51-41)35-31(49-38)9-7-27(47-35)14-24(43)15-29-23(4)32(16-25(44)18-42)48-34(29)17-33(46-26)22(20)3;1-19-11-25-5-7-29-20(2)12-27(44-29)9-10-40-17-34-36(50-40)37-38(49-34)39(51-40)35-30(48-37)8-6-26(46-35)13-23(42)14-28-22(4)31(15-24(43)18-41)47-33(28)16-32(45-25)21(19)3;1-5(2,3)4/h20,23,25-39,44H,2-3,6-19,42H2,1,4-5H3;19,22,24-39,43H,2-3,5-18,41H2,1,4H3;1H3,(H,2,3,4)/t20-,23-,25+,26+,27?,28+,29-,30?,31+,32-,33?,34+,35+,36+,37+,38-,39?,40-,41-;19-,22-,24+,25+,26?,27+,28-,29?,30+,31-,32?,33+,34-,35+,36?,37+,38-,39+,40+;/m11./s1. The number of ether oxygens (including phenoxy) is 16. The minimum Gasteiger partial charge on any atom is -0.392 e. The Morgan fingerprint density at radius 3 is 1.37 bits per heavy atom. The highest BCUT2D eigenvalue weighted by Crippen LogP contribution is 2.60. The molecule has 20 aliphatic rings. The van der Waals surface area contributed by atoms with Gasteiger partial charge in [-0.25, -0.2) is 0 Å². The SMILES string of the molecule is C=C1C[C@@H]2CC[C@@]34C[C@@]5(C)O[C@H]6[C@@H](O3)[C@H]3OC(CC[C@@H]3O[C@H]6C5O4)CC(=O)C[C@@H]3[C@@H](C)[C@@H](C[C@H](O)CN)O[C@H]3CC3O[C@@H](CCC1O2)C[C@@H](C)C3=C.C=C1C[C@@H]2CC[C@@]34C[C@H]5O[C@H]6[C@@H](O3)[C@H]3OC(CC[C@@H]3O[C@H]6C5O4)CC(=O)C[C@@H]3[C@@H](C)[C@@H](C[C@H](O)CN)O[C@H]3CC3O[C@@H](CCC1O2)C[C@@H](C)C3=C.CS(=O)(=O)O. The quantitative estimate of drug-likeness (QED) is 0.124. The van der Waals surface area contributed by atoms with Crippen molar-refractivity contribution in [3.63, 3.8) is 0 Å². The molecule has 20 rings (SSSR count). The third-order valence-corrected chi connectivity index (χ3v) is 28.7. The first-order valence-corrected chi connectivity index (χ1v) is 43.4. The molecule has 24 bridgehead atoms. The lowest BCUT2D eigenvalue weighted by Gasteiger charge is -2.47. The second-order valence-electron chi connectivity index (χ2n) is 36.6. The van der Waals surface area contributed by atoms with Gasteiger partial charge in [-0.2, -0.15) is 8.42 Å². The van der Waals surface area contributed by atoms with Crippen molar-refractivity contribution in [1.82, 2.24) is 0 Å². The molecule has 0 aliphatic carbocycles. The van der Waals surface area contributed by atoms with Gasteiger partial charge in [0.2, 0.25) is 0 Å². The van der Waals surface area contributed by atoms with Crippen molar-refractivity contribution in [2.45, 2.75) is 396 Å². The van der Waals surface area contributed by atoms with Crippen molar-refractivity contribution in [3.05, 3.63) is 48.6 Å². The molecule has 2 spiro atoms. The third kappa shape index (κ3) is 16.1. The number of aliphatic hydroxyl groups is 2. The summed E-state index contributed by atoms with van der Waals surface area (Å²) in [6.45, 7) is 29.1. The zero-order valence-electron chi connectivity index (χ0n) is 64.4. The Bertz CT molecular complexity index is 3430. The summed E-state index contributed by atoms with van der Waals surface area (Å²) in [6.07, 6.45) is 13.3. The average Bonchev–Trinajstić information content (AvgIpc) is 1.54. The monoisotopic (exact) mass is 1540 g/mol. The fraction of sp³-hybridized carbons (Fsp3) is 0.878. The van der Waals surface area contributed by atoms with Crippen LogP contribution in [0, 0.1) is 35.5 Å². The van der Waals surface area contributed by atoms with E-state index in [0.717, 1.165) is 112 Å². The maximum absolute atomic E-state index is 14.0. The van der Waals surface area contributed by atoms with Gasteiger partial charge in [0.1, 0.15) is 78.2 Å². The molecule has 20 fully saturated rings. The van der Waals surface area contributed by atoms with Crippen LogP contribution >= 0.6 is 0 Å². The number of aliphatic hydroxyl groups excluding tert-OH is 2. The van der Waals surface area contributed by atoms with Gasteiger partial charge in [0.25, 0.3) is 10.1 Å². The van der Waals surface area contributed by atoms with E-state index in [9.17, 15) is 28.2 Å². The molecular weight excluding hydrogens is 1410 g/mol. The van der Waals surface area contributed by atoms with Crippen LogP contribution in [0.2, 0.25) is 0 Å². The highest BCUT2D eigenvalue weighted by molar-refractivity contribution is 7.85. The van der Waals surface area contributed by atoms with Crippen LogP contribution < -0.4 is 11.5 Å². The predicted octanol–water partition coefficient (Wildman–Crippen LogP) is 8.01. The summed E-state index contributed by atoms with van der Waals surface area (Å²) in [5.41, 5.74) is 15.6. The summed E-state index contributed by atoms with van der Waals surface area (Å²) in [7, 11) is -3.67. The van der Waals surface area contributed by atoms with Gasteiger partial charge in [0.15, 0.2) is 11.6 Å². The Morgan fingerprint density at radius 1 is 0.444 bits per heavy atom. The van der Waals surface area contributed by atoms with Crippen molar-refractivity contribution in [2.24, 2.45) is 47.0 Å². The minimum absolute atomic E-state index is 0.00127. The summed E-state index contributed by atoms with van der Waals surface area (Å²) >= 11 is 0. The van der Waals surface area contributed by atoms with Crippen LogP contribution in [0.1, 0.15) is 202 Å². The van der Waals surface area contributed by atoms with Crippen LogP contribution in [-0.4, -0.2) is 248 Å². The van der Waals surface area contributed by atoms with Gasteiger partial charge in [-0.1, -0.05) is 54.0 Å². The van der Waals surface area contributed by atoms with Crippen LogP contribution in [-0.2, 0) is 95.5 Å². The minimum atomic E-state index is -3.67. The van der Waals surface area contributed by atoms with Crippen molar-refractivity contribution in [3.8, 4) is 0 Å². The first-order chi connectivity index (χ1) is 51.5. The highest BCUT2D eigenvalue weighted by Gasteiger charge is 2.74. The first-order valence-electron chi connectivity index (χ1n) is 41.5. The molecule has 7 N–H and O–H groups in total. The summed E-state index contributed by atoms with van der Waals surface area (Å²) < 4.78 is 134. The number of hydrogen-bond donors (Lipinski definition) is 5. The Hall–Kier alpha value is -2.59. The van der Waals surface area contributed by atoms with E-state index in [2.05, 4.69) is 60.9 Å². The smallest absolute Gasteiger partial charge is 0.261 e. The van der Waals surface area contributed by atoms with Gasteiger partial charge in [0.05, 0.1) is 122 Å². The normalized spacial score (nSPS) is 51.6. The summed E-state index contributed by atoms with van der Waals surface area (Å²) in [5, 5.41) is 21.0. The molecule has 8 unspecified atom stereocenters. The Morgan fingerprint density at radius 2 is 0.861 bits per heavy atom. The van der Waals surface area contributed by atoms with Gasteiger partial charge < -0.3 is 97.5 Å². The second kappa shape index (κ2) is 31.5. The van der Waals surface area contributed by atoms with Gasteiger partial charge in [-0.15, -0.1) is 0 Å². The molecule has 20 saturated heterocycles. The maximum Gasteiger partial charge on any atom is 0.261 e. The van der Waals surface area contributed by atoms with E-state index in [1.54, 1.807) is 0 Å². The number of fused-ring (bicyclic) bond motifs is 12. The summed E-state index contributed by atoms with van der Waals surface area (Å²) in [4.78, 5) is 28.0. The van der Waals surface area contributed by atoms with Crippen LogP contribution in [0.15, 0.2) is 48.6 Å². The van der Waals surface area contributed by atoms with E-state index in [1.165, 1.54) is 0 Å². The Kier molecular flexibility index (Phi) is 23.1. The van der Waals surface area contributed by atoms with Crippen molar-refractivity contribution in [2.75, 3.05) is 19.3 Å². The number of carbonyl (C=O) groups is 2. The van der Waals surface area contributed by atoms with Crippen molar-refractivity contribution in [1.29, 1.82) is 0 Å². The summed E-state index contributed by atoms with van der Waals surface area (Å²) in [6, 6.07) is 0. The molecule has 20 heterocycles. The van der Waals surface area contributed by atoms with Crippen molar-refractivity contribution >= 4 is 21.7 Å². The molecule has 0 aromatic rings. The number of carbonyl (C=O) groups excluding carboxylic acids is 2. The van der Waals surface area contributed by atoms with E-state index in [0.29, 0.717) is 95.1 Å². The Labute approximate surface area is 637 Å². The Balaban J connectivity index is 0.000000155. The van der Waals surface area contributed by atoms with Crippen LogP contribution in [0.5, 0.6) is 0 Å². The number of rotatable bonds is 6. The van der Waals surface area contributed by atoms with Crippen LogP contribution in [0.4, 0.5) is 0 Å². The molecule has 606 valence electrons. The molecule has 0 aromatic carbocycles. The molecule has 20 aliphatic heterocycles. The van der Waals surface area contributed by atoms with Gasteiger partial charge >= 0.3 is 0 Å². The van der Waals surface area contributed by atoms with E-state index in [-0.39, 0.29) is 213 Å². The molecular formula is C82H124N2O23S. The zero-order valence-corrected chi connectivity index (χ0v) is 65.2. The van der Waals surface area contributed by atoms with E-state index < -0.39 is 39.5 Å². The molecule has 0 saturated carbocycles. The average molecular weight is 1540 g/mol. The number of Topliss-reactive ketones (excluding diaryl/α,β-unsaturated/α-hetero) is 2. The number of ketones is 2. The molecule has 38 atom stereocenters. The fourth-order valence-corrected chi connectivity index (χ4v) is 23.0. The topological polar surface area (TPSA) is 329 Å². The summed E-state index contributed by atoms with van der Waals surface area (Å²) in [5.74, 6) is -0.494. The molecule has 0 amide bonds. The molecule has 108 heavy (non-hydrogen) atoms. The van der Waals surface area contributed by atoms with Crippen LogP contribution in [0.3, 0.4) is 0 Å². The number of hydrogen-bond acceptors (Lipinski definition) is 24. The maximum atomic E-state index is 14.0. The number of nitrogens with two attached hydrogens (primary N) is 2. The van der Waals surface area contributed by atoms with E-state index >= 15 is 0 Å². The molecule has 25 nitrogen and oxygen atoms in total. The molecule has 0 radical (unpaired) electrons. The second-order valence-corrected chi connectivity index (χ2v) is 38.1. The largest absolute Gasteiger partial charge is 0.392 e. The van der Waals surface area contributed by atoms with Crippen LogP contribution in [0.25, 0.3) is 0 Å². The van der Waals surface area contributed by atoms with Gasteiger partial charge in [-0.3, -0.25) is 14.1 Å². The lowest BCUT2D eigenvalue weighted by molar-refractivity contribution is -0.294. The van der Waals surface area contributed by atoms with E-state index in [1.807, 2.05) is 0 Å². The molecule has 0 aromatic heterocycles. The highest BCUT2D eigenvalue weighted by atomic mass is 32.2. The molecule has 26 heteroatoms.